The minimum absolute atomic E-state index is 0.171. The molecule has 0 spiro atoms. The molecule has 0 aromatic carbocycles. The summed E-state index contributed by atoms with van der Waals surface area (Å²) in [7, 11) is 0. The largest absolute Gasteiger partial charge is 0.471 e. The number of nitrogens with zero attached hydrogens (tertiary/aromatic N) is 1. The van der Waals surface area contributed by atoms with E-state index in [-0.39, 0.29) is 12.0 Å². The summed E-state index contributed by atoms with van der Waals surface area (Å²) >= 11 is 0. The van der Waals surface area contributed by atoms with Gasteiger partial charge in [0.15, 0.2) is 0 Å². The Labute approximate surface area is 138 Å². The summed E-state index contributed by atoms with van der Waals surface area (Å²) in [5.41, 5.74) is -3.22. The summed E-state index contributed by atoms with van der Waals surface area (Å²) in [4.78, 5) is 36.2. The van der Waals surface area contributed by atoms with Gasteiger partial charge in [-0.05, 0) is 6.92 Å². The summed E-state index contributed by atoms with van der Waals surface area (Å²) in [6, 6.07) is 0. The van der Waals surface area contributed by atoms with Crippen molar-refractivity contribution in [3.05, 3.63) is 32.6 Å². The molecule has 1 unspecified atom stereocenters. The van der Waals surface area contributed by atoms with Crippen LogP contribution in [0.5, 0.6) is 0 Å². The van der Waals surface area contributed by atoms with Gasteiger partial charge in [-0.15, -0.1) is 0 Å². The summed E-state index contributed by atoms with van der Waals surface area (Å²) in [5, 5.41) is 21.1. The molecular weight excluding hydrogens is 351 g/mol. The maximum Gasteiger partial charge on any atom is 0.471 e. The van der Waals surface area contributed by atoms with E-state index in [1.165, 1.54) is 18.4 Å². The molecule has 2 heterocycles. The molecule has 1 saturated heterocycles. The Morgan fingerprint density at radius 2 is 2.16 bits per heavy atom. The Morgan fingerprint density at radius 3 is 2.72 bits per heavy atom. The third-order valence-corrected chi connectivity index (χ3v) is 3.93. The van der Waals surface area contributed by atoms with Crippen molar-refractivity contribution in [2.45, 2.75) is 37.5 Å². The van der Waals surface area contributed by atoms with Gasteiger partial charge >= 0.3 is 17.8 Å². The Kier molecular flexibility index (Phi) is 5.06. The molecule has 0 aliphatic carbocycles. The van der Waals surface area contributed by atoms with Crippen molar-refractivity contribution in [3.63, 3.8) is 0 Å². The molecule has 12 heteroatoms. The molecule has 1 fully saturated rings. The predicted octanol–water partition coefficient (Wildman–Crippen LogP) is -1.47. The lowest BCUT2D eigenvalue weighted by Crippen LogP contribution is -2.54. The zero-order valence-electron chi connectivity index (χ0n) is 13.0. The van der Waals surface area contributed by atoms with Crippen LogP contribution in [0.15, 0.2) is 15.8 Å². The van der Waals surface area contributed by atoms with Crippen molar-refractivity contribution >= 4 is 5.91 Å². The van der Waals surface area contributed by atoms with Crippen LogP contribution >= 0.6 is 0 Å². The SMILES string of the molecule is Cc1cn([C@H]2CC(O)[C@](CO)(CNC(=O)C(F)(F)F)O2)c(=O)[nH]c1=O. The number of aliphatic hydroxyl groups excluding tert-OH is 2. The van der Waals surface area contributed by atoms with Crippen molar-refractivity contribution in [2.75, 3.05) is 13.2 Å². The first-order chi connectivity index (χ1) is 11.5. The van der Waals surface area contributed by atoms with E-state index < -0.39 is 54.4 Å². The third kappa shape index (κ3) is 3.75. The van der Waals surface area contributed by atoms with Gasteiger partial charge in [0, 0.05) is 18.2 Å². The fourth-order valence-corrected chi connectivity index (χ4v) is 2.46. The minimum atomic E-state index is -5.13. The number of carbonyl (C=O) groups excluding carboxylic acids is 1. The lowest BCUT2D eigenvalue weighted by Gasteiger charge is -2.30. The van der Waals surface area contributed by atoms with Gasteiger partial charge in [-0.1, -0.05) is 0 Å². The van der Waals surface area contributed by atoms with E-state index in [1.54, 1.807) is 0 Å². The van der Waals surface area contributed by atoms with E-state index in [4.69, 9.17) is 4.74 Å². The van der Waals surface area contributed by atoms with Crippen molar-refractivity contribution in [2.24, 2.45) is 0 Å². The molecule has 140 valence electrons. The smallest absolute Gasteiger partial charge is 0.393 e. The fraction of sp³-hybridized carbons (Fsp3) is 0.615. The normalized spacial score (nSPS) is 26.6. The first-order valence-corrected chi connectivity index (χ1v) is 7.14. The molecule has 0 saturated carbocycles. The Morgan fingerprint density at radius 1 is 1.52 bits per heavy atom. The monoisotopic (exact) mass is 367 g/mol. The average Bonchev–Trinajstić information content (AvgIpc) is 2.84. The van der Waals surface area contributed by atoms with Crippen LogP contribution in [0.25, 0.3) is 0 Å². The van der Waals surface area contributed by atoms with Gasteiger partial charge in [0.1, 0.15) is 11.8 Å². The summed E-state index contributed by atoms with van der Waals surface area (Å²) < 4.78 is 43.1. The van der Waals surface area contributed by atoms with Crippen LogP contribution in [-0.4, -0.2) is 56.7 Å². The van der Waals surface area contributed by atoms with Gasteiger partial charge in [0.25, 0.3) is 5.56 Å². The number of hydrogen-bond donors (Lipinski definition) is 4. The number of rotatable bonds is 4. The zero-order valence-corrected chi connectivity index (χ0v) is 13.0. The number of aromatic amines is 1. The van der Waals surface area contributed by atoms with Gasteiger partial charge < -0.3 is 20.3 Å². The molecule has 0 bridgehead atoms. The van der Waals surface area contributed by atoms with Gasteiger partial charge in [-0.2, -0.15) is 13.2 Å². The number of nitrogens with one attached hydrogen (secondary N) is 2. The van der Waals surface area contributed by atoms with Gasteiger partial charge in [-0.3, -0.25) is 19.1 Å². The molecule has 9 nitrogen and oxygen atoms in total. The summed E-state index contributed by atoms with van der Waals surface area (Å²) in [6.45, 7) is -0.306. The highest BCUT2D eigenvalue weighted by Gasteiger charge is 2.50. The van der Waals surface area contributed by atoms with Crippen LogP contribution in [0.1, 0.15) is 18.2 Å². The van der Waals surface area contributed by atoms with Crippen molar-refractivity contribution in [1.29, 1.82) is 0 Å². The van der Waals surface area contributed by atoms with Crippen molar-refractivity contribution in [1.82, 2.24) is 14.9 Å². The number of hydrogen-bond acceptors (Lipinski definition) is 6. The second-order valence-corrected chi connectivity index (χ2v) is 5.71. The molecule has 2 rings (SSSR count). The maximum absolute atomic E-state index is 12.3. The Balaban J connectivity index is 2.23. The number of halogens is 3. The quantitative estimate of drug-likeness (QED) is 0.514. The average molecular weight is 367 g/mol. The van der Waals surface area contributed by atoms with E-state index in [0.29, 0.717) is 0 Å². The molecule has 25 heavy (non-hydrogen) atoms. The topological polar surface area (TPSA) is 134 Å². The second-order valence-electron chi connectivity index (χ2n) is 5.71. The van der Waals surface area contributed by atoms with Gasteiger partial charge in [0.2, 0.25) is 0 Å². The predicted molar refractivity (Wildman–Crippen MR) is 75.7 cm³/mol. The summed E-state index contributed by atoms with van der Waals surface area (Å²) in [6.07, 6.45) is -6.82. The first-order valence-electron chi connectivity index (χ1n) is 7.14. The van der Waals surface area contributed by atoms with E-state index in [2.05, 4.69) is 0 Å². The van der Waals surface area contributed by atoms with Crippen molar-refractivity contribution in [3.8, 4) is 0 Å². The third-order valence-electron chi connectivity index (χ3n) is 3.93. The van der Waals surface area contributed by atoms with Crippen LogP contribution in [0.4, 0.5) is 13.2 Å². The maximum atomic E-state index is 12.3. The Hall–Kier alpha value is -2.18. The minimum Gasteiger partial charge on any atom is -0.393 e. The molecular formula is C13H16F3N3O6. The number of ether oxygens (including phenoxy) is 1. The van der Waals surface area contributed by atoms with Crippen LogP contribution in [0, 0.1) is 6.92 Å². The van der Waals surface area contributed by atoms with Crippen LogP contribution < -0.4 is 16.6 Å². The standard InChI is InChI=1S/C13H16F3N3O6/c1-6-3-19(11(24)18-9(6)22)8-2-7(21)12(5-20,25-8)4-17-10(23)13(14,15)16/h3,7-8,20-21H,2,4-5H2,1H3,(H,17,23)(H,18,22,24)/t7?,8-,12-/m1/s1. The van der Waals surface area contributed by atoms with E-state index >= 15 is 0 Å². The number of aryl methyl sites for hydroxylation is 1. The number of alkyl halides is 3. The number of H-pyrrole nitrogens is 1. The van der Waals surface area contributed by atoms with E-state index in [0.717, 1.165) is 4.57 Å². The zero-order chi connectivity index (χ0) is 19.0. The van der Waals surface area contributed by atoms with Crippen molar-refractivity contribution < 1.29 is 32.9 Å². The fourth-order valence-electron chi connectivity index (χ4n) is 2.46. The van der Waals surface area contributed by atoms with Crippen LogP contribution in [0.3, 0.4) is 0 Å². The number of carbonyl (C=O) groups is 1. The molecule has 1 amide bonds. The second kappa shape index (κ2) is 6.61. The molecule has 1 aromatic heterocycles. The molecule has 1 aliphatic rings. The lowest BCUT2D eigenvalue weighted by molar-refractivity contribution is -0.177. The number of aromatic nitrogens is 2. The first kappa shape index (κ1) is 19.1. The summed E-state index contributed by atoms with van der Waals surface area (Å²) in [5.74, 6) is -2.25. The molecule has 1 aromatic rings. The highest BCUT2D eigenvalue weighted by Crippen LogP contribution is 2.35. The van der Waals surface area contributed by atoms with Crippen LogP contribution in [-0.2, 0) is 9.53 Å². The number of aliphatic hydroxyl groups is 2. The molecule has 1 aliphatic heterocycles. The lowest BCUT2D eigenvalue weighted by atomic mass is 9.97. The van der Waals surface area contributed by atoms with E-state index in [9.17, 15) is 37.8 Å². The highest BCUT2D eigenvalue weighted by molar-refractivity contribution is 5.81. The molecule has 0 radical (unpaired) electrons. The number of amides is 1. The van der Waals surface area contributed by atoms with Crippen LogP contribution in [0.2, 0.25) is 0 Å². The van der Waals surface area contributed by atoms with E-state index in [1.807, 2.05) is 4.98 Å². The highest BCUT2D eigenvalue weighted by atomic mass is 19.4. The molecule has 4 N–H and O–H groups in total. The van der Waals surface area contributed by atoms with Gasteiger partial charge in [0.05, 0.1) is 19.3 Å². The van der Waals surface area contributed by atoms with Gasteiger partial charge in [-0.25, -0.2) is 4.79 Å². The molecule has 3 atom stereocenters. The Bertz CT molecular complexity index is 773.